The number of aryl methyl sites for hydroxylation is 1. The number of rotatable bonds is 5. The Hall–Kier alpha value is -1.59. The van der Waals surface area contributed by atoms with Gasteiger partial charge in [0.1, 0.15) is 0 Å². The summed E-state index contributed by atoms with van der Waals surface area (Å²) in [5.74, 6) is 0.135. The van der Waals surface area contributed by atoms with E-state index in [1.165, 1.54) is 5.56 Å². The van der Waals surface area contributed by atoms with Gasteiger partial charge in [0, 0.05) is 26.2 Å². The van der Waals surface area contributed by atoms with Crippen LogP contribution in [-0.2, 0) is 15.0 Å². The van der Waals surface area contributed by atoms with Crippen LogP contribution in [0.3, 0.4) is 0 Å². The van der Waals surface area contributed by atoms with E-state index in [1.807, 2.05) is 4.90 Å². The molecule has 1 atom stereocenters. The number of nitrogens with one attached hydrogen (secondary N) is 1. The van der Waals surface area contributed by atoms with Crippen molar-refractivity contribution in [1.29, 1.82) is 0 Å². The van der Waals surface area contributed by atoms with Gasteiger partial charge in [-0.25, -0.2) is 0 Å². The van der Waals surface area contributed by atoms with E-state index in [0.717, 1.165) is 50.6 Å². The quantitative estimate of drug-likeness (QED) is 0.807. The molecule has 3 N–H and O–H groups in total. The van der Waals surface area contributed by atoms with Gasteiger partial charge in [-0.3, -0.25) is 9.59 Å². The summed E-state index contributed by atoms with van der Waals surface area (Å²) < 4.78 is 0. The van der Waals surface area contributed by atoms with Crippen LogP contribution in [0.1, 0.15) is 49.7 Å². The highest BCUT2D eigenvalue weighted by Crippen LogP contribution is 2.43. The van der Waals surface area contributed by atoms with Crippen LogP contribution in [0, 0.1) is 12.8 Å². The summed E-state index contributed by atoms with van der Waals surface area (Å²) in [5, 5.41) is 2.88. The van der Waals surface area contributed by atoms with Gasteiger partial charge in [-0.15, -0.1) is 12.4 Å². The Kier molecular flexibility index (Phi) is 7.68. The summed E-state index contributed by atoms with van der Waals surface area (Å²) in [6.07, 6.45) is 5.74. The van der Waals surface area contributed by atoms with E-state index in [1.54, 1.807) is 0 Å². The van der Waals surface area contributed by atoms with Gasteiger partial charge < -0.3 is 16.0 Å². The molecule has 1 aromatic carbocycles. The molecule has 3 rings (SSSR count). The van der Waals surface area contributed by atoms with Crippen molar-refractivity contribution < 1.29 is 9.59 Å². The van der Waals surface area contributed by atoms with E-state index in [9.17, 15) is 9.59 Å². The lowest BCUT2D eigenvalue weighted by Crippen LogP contribution is -2.51. The number of nitrogens with zero attached hydrogens (tertiary/aromatic N) is 1. The average Bonchev–Trinajstić information content (AvgIpc) is 3.16. The molecule has 1 saturated heterocycles. The Bertz CT molecular complexity index is 659. The zero-order valence-corrected chi connectivity index (χ0v) is 17.0. The van der Waals surface area contributed by atoms with Gasteiger partial charge in [0.25, 0.3) is 0 Å². The summed E-state index contributed by atoms with van der Waals surface area (Å²) in [4.78, 5) is 27.9. The molecule has 6 heteroatoms. The second kappa shape index (κ2) is 9.56. The molecule has 1 aliphatic heterocycles. The second-order valence-corrected chi connectivity index (χ2v) is 7.83. The third-order valence-electron chi connectivity index (χ3n) is 5.96. The number of hydrogen-bond donors (Lipinski definition) is 2. The Labute approximate surface area is 168 Å². The summed E-state index contributed by atoms with van der Waals surface area (Å²) >= 11 is 0. The molecular formula is C21H32ClN3O2. The fraction of sp³-hybridized carbons (Fsp3) is 0.619. The molecule has 0 radical (unpaired) electrons. The van der Waals surface area contributed by atoms with Crippen LogP contribution >= 0.6 is 12.4 Å². The number of benzene rings is 1. The maximum Gasteiger partial charge on any atom is 0.233 e. The first-order valence-corrected chi connectivity index (χ1v) is 9.91. The molecule has 1 unspecified atom stereocenters. The van der Waals surface area contributed by atoms with Crippen LogP contribution in [0.2, 0.25) is 0 Å². The predicted molar refractivity (Wildman–Crippen MR) is 110 cm³/mol. The van der Waals surface area contributed by atoms with Gasteiger partial charge in [0.2, 0.25) is 11.8 Å². The van der Waals surface area contributed by atoms with E-state index in [-0.39, 0.29) is 30.1 Å². The Morgan fingerprint density at radius 2 is 2.00 bits per heavy atom. The van der Waals surface area contributed by atoms with E-state index in [0.29, 0.717) is 19.6 Å². The first kappa shape index (κ1) is 21.7. The van der Waals surface area contributed by atoms with Crippen molar-refractivity contribution in [2.75, 3.05) is 26.2 Å². The van der Waals surface area contributed by atoms with Crippen LogP contribution in [0.5, 0.6) is 0 Å². The lowest BCUT2D eigenvalue weighted by Gasteiger charge is -2.39. The van der Waals surface area contributed by atoms with Crippen LogP contribution in [0.25, 0.3) is 0 Å². The average molecular weight is 394 g/mol. The molecule has 2 amide bonds. The summed E-state index contributed by atoms with van der Waals surface area (Å²) in [6.45, 7) is 4.30. The molecule has 1 aromatic rings. The topological polar surface area (TPSA) is 75.4 Å². The number of piperidine rings is 1. The summed E-state index contributed by atoms with van der Waals surface area (Å²) in [7, 11) is 0. The van der Waals surface area contributed by atoms with Crippen molar-refractivity contribution >= 4 is 24.2 Å². The molecule has 150 valence electrons. The van der Waals surface area contributed by atoms with Crippen molar-refractivity contribution in [3.63, 3.8) is 0 Å². The maximum absolute atomic E-state index is 13.6. The van der Waals surface area contributed by atoms with Gasteiger partial charge in [-0.1, -0.05) is 42.7 Å². The molecule has 1 saturated carbocycles. The highest BCUT2D eigenvalue weighted by atomic mass is 35.5. The molecule has 1 heterocycles. The minimum Gasteiger partial charge on any atom is -0.355 e. The molecule has 2 fully saturated rings. The number of amides is 2. The van der Waals surface area contributed by atoms with Gasteiger partial charge in [0.15, 0.2) is 0 Å². The van der Waals surface area contributed by atoms with E-state index in [4.69, 9.17) is 5.73 Å². The molecule has 5 nitrogen and oxygen atoms in total. The number of nitrogens with two attached hydrogens (primary N) is 1. The van der Waals surface area contributed by atoms with Crippen molar-refractivity contribution in [3.05, 3.63) is 35.4 Å². The number of halogens is 1. The highest BCUT2D eigenvalue weighted by Gasteiger charge is 2.46. The summed E-state index contributed by atoms with van der Waals surface area (Å²) in [6, 6.07) is 8.40. The van der Waals surface area contributed by atoms with E-state index >= 15 is 0 Å². The number of hydrogen-bond acceptors (Lipinski definition) is 3. The first-order chi connectivity index (χ1) is 12.6. The summed E-state index contributed by atoms with van der Waals surface area (Å²) in [5.41, 5.74) is 7.42. The minimum atomic E-state index is -0.401. The fourth-order valence-corrected chi connectivity index (χ4v) is 4.57. The van der Waals surface area contributed by atoms with E-state index < -0.39 is 5.41 Å². The SMILES string of the molecule is Cc1cccc(C2(C(=O)N3CCCC(C(=O)NCCN)C3)CCCC2)c1.Cl. The van der Waals surface area contributed by atoms with Crippen LogP contribution < -0.4 is 11.1 Å². The van der Waals surface area contributed by atoms with Crippen LogP contribution in [0.4, 0.5) is 0 Å². The molecule has 0 spiro atoms. The lowest BCUT2D eigenvalue weighted by molar-refractivity contribution is -0.141. The predicted octanol–water partition coefficient (Wildman–Crippen LogP) is 2.54. The van der Waals surface area contributed by atoms with Gasteiger partial charge in [-0.2, -0.15) is 0 Å². The third kappa shape index (κ3) is 4.64. The minimum absolute atomic E-state index is 0. The van der Waals surface area contributed by atoms with Crippen molar-refractivity contribution in [2.24, 2.45) is 11.7 Å². The molecular weight excluding hydrogens is 362 g/mol. The molecule has 0 aromatic heterocycles. The smallest absolute Gasteiger partial charge is 0.233 e. The number of carbonyl (C=O) groups excluding carboxylic acids is 2. The van der Waals surface area contributed by atoms with Crippen LogP contribution in [-0.4, -0.2) is 42.9 Å². The third-order valence-corrected chi connectivity index (χ3v) is 5.96. The van der Waals surface area contributed by atoms with Crippen molar-refractivity contribution in [2.45, 2.75) is 50.9 Å². The Morgan fingerprint density at radius 3 is 2.67 bits per heavy atom. The van der Waals surface area contributed by atoms with Gasteiger partial charge >= 0.3 is 0 Å². The largest absolute Gasteiger partial charge is 0.355 e. The lowest BCUT2D eigenvalue weighted by atomic mass is 9.76. The van der Waals surface area contributed by atoms with Gasteiger partial charge in [0.05, 0.1) is 11.3 Å². The molecule has 0 bridgehead atoms. The van der Waals surface area contributed by atoms with Crippen molar-refractivity contribution in [1.82, 2.24) is 10.2 Å². The van der Waals surface area contributed by atoms with Crippen LogP contribution in [0.15, 0.2) is 24.3 Å². The monoisotopic (exact) mass is 393 g/mol. The standard InChI is InChI=1S/C21H31N3O2.ClH/c1-16-6-4-8-18(14-16)21(9-2-3-10-21)20(26)24-13-5-7-17(15-24)19(25)23-12-11-22;/h4,6,8,14,17H,2-3,5,7,9-13,15,22H2,1H3,(H,23,25);1H. The van der Waals surface area contributed by atoms with E-state index in [2.05, 4.69) is 36.5 Å². The number of carbonyl (C=O) groups is 2. The maximum atomic E-state index is 13.6. The molecule has 2 aliphatic rings. The fourth-order valence-electron chi connectivity index (χ4n) is 4.57. The Morgan fingerprint density at radius 1 is 1.26 bits per heavy atom. The molecule has 1 aliphatic carbocycles. The normalized spacial score (nSPS) is 21.4. The zero-order chi connectivity index (χ0) is 18.6. The number of likely N-dealkylation sites (tertiary alicyclic amines) is 1. The molecule has 27 heavy (non-hydrogen) atoms. The Balaban J connectivity index is 0.00000261. The first-order valence-electron chi connectivity index (χ1n) is 9.91. The highest BCUT2D eigenvalue weighted by molar-refractivity contribution is 5.89. The van der Waals surface area contributed by atoms with Gasteiger partial charge in [-0.05, 0) is 38.2 Å². The zero-order valence-electron chi connectivity index (χ0n) is 16.2. The van der Waals surface area contributed by atoms with Crippen molar-refractivity contribution in [3.8, 4) is 0 Å². The second-order valence-electron chi connectivity index (χ2n) is 7.83.